The minimum Gasteiger partial charge on any atom is -0.397 e. The number of nitrogens with two attached hydrogens (primary N) is 1. The summed E-state index contributed by atoms with van der Waals surface area (Å²) in [7, 11) is 0. The van der Waals surface area contributed by atoms with E-state index in [-0.39, 0.29) is 0 Å². The molecule has 13 heavy (non-hydrogen) atoms. The Morgan fingerprint density at radius 3 is 2.69 bits per heavy atom. The normalized spacial score (nSPS) is 9.92. The number of unbranched alkanes of at least 4 members (excludes halogenated alkanes) is 1. The topological polar surface area (TPSA) is 38.0 Å². The molecule has 0 aliphatic heterocycles. The van der Waals surface area contributed by atoms with Crippen molar-refractivity contribution >= 4 is 27.3 Å². The molecule has 72 valence electrons. The Bertz CT molecular complexity index is 250. The molecular formula is C10H15BrN2. The number of halogens is 1. The lowest BCUT2D eigenvalue weighted by molar-refractivity contribution is 0.847. The van der Waals surface area contributed by atoms with E-state index in [9.17, 15) is 0 Å². The number of benzene rings is 1. The molecule has 1 rings (SSSR count). The van der Waals surface area contributed by atoms with Crippen LogP contribution < -0.4 is 11.1 Å². The smallest absolute Gasteiger partial charge is 0.0573 e. The van der Waals surface area contributed by atoms with Crippen LogP contribution in [0.5, 0.6) is 0 Å². The van der Waals surface area contributed by atoms with Crippen LogP contribution in [0.2, 0.25) is 0 Å². The summed E-state index contributed by atoms with van der Waals surface area (Å²) in [5.74, 6) is 0. The van der Waals surface area contributed by atoms with Gasteiger partial charge in [0.25, 0.3) is 0 Å². The lowest BCUT2D eigenvalue weighted by Crippen LogP contribution is -2.03. The quantitative estimate of drug-likeness (QED) is 0.474. The fraction of sp³-hybridized carbons (Fsp3) is 0.400. The summed E-state index contributed by atoms with van der Waals surface area (Å²) in [4.78, 5) is 0. The van der Waals surface area contributed by atoms with Crippen LogP contribution in [0.15, 0.2) is 24.3 Å². The van der Waals surface area contributed by atoms with Gasteiger partial charge in [0.05, 0.1) is 11.4 Å². The minimum atomic E-state index is 0.821. The van der Waals surface area contributed by atoms with Crippen molar-refractivity contribution in [1.82, 2.24) is 0 Å². The van der Waals surface area contributed by atoms with E-state index in [1.165, 1.54) is 12.8 Å². The van der Waals surface area contributed by atoms with Crippen LogP contribution in [0, 0.1) is 0 Å². The number of para-hydroxylation sites is 2. The van der Waals surface area contributed by atoms with E-state index in [0.717, 1.165) is 23.2 Å². The molecule has 0 fully saturated rings. The summed E-state index contributed by atoms with van der Waals surface area (Å²) < 4.78 is 0. The first kappa shape index (κ1) is 10.4. The number of rotatable bonds is 5. The maximum absolute atomic E-state index is 5.76. The summed E-state index contributed by atoms with van der Waals surface area (Å²) in [6.07, 6.45) is 2.36. The number of anilines is 2. The van der Waals surface area contributed by atoms with Crippen molar-refractivity contribution in [3.05, 3.63) is 24.3 Å². The molecule has 0 saturated heterocycles. The predicted molar refractivity (Wildman–Crippen MR) is 62.4 cm³/mol. The summed E-state index contributed by atoms with van der Waals surface area (Å²) >= 11 is 3.40. The molecule has 0 atom stereocenters. The molecule has 0 aromatic heterocycles. The van der Waals surface area contributed by atoms with Gasteiger partial charge in [-0.3, -0.25) is 0 Å². The first-order valence-electron chi connectivity index (χ1n) is 4.49. The number of hydrogen-bond donors (Lipinski definition) is 2. The van der Waals surface area contributed by atoms with Crippen LogP contribution in [0.25, 0.3) is 0 Å². The zero-order valence-electron chi connectivity index (χ0n) is 7.59. The Kier molecular flexibility index (Phi) is 4.68. The zero-order chi connectivity index (χ0) is 9.52. The molecule has 0 heterocycles. The van der Waals surface area contributed by atoms with Crippen molar-refractivity contribution in [2.75, 3.05) is 22.9 Å². The van der Waals surface area contributed by atoms with Gasteiger partial charge in [-0.25, -0.2) is 0 Å². The molecule has 0 aliphatic carbocycles. The second-order valence-corrected chi connectivity index (χ2v) is 3.70. The maximum Gasteiger partial charge on any atom is 0.0573 e. The predicted octanol–water partition coefficient (Wildman–Crippen LogP) is 2.86. The van der Waals surface area contributed by atoms with E-state index >= 15 is 0 Å². The molecule has 0 amide bonds. The third kappa shape index (κ3) is 3.68. The van der Waals surface area contributed by atoms with Gasteiger partial charge >= 0.3 is 0 Å². The number of hydrogen-bond acceptors (Lipinski definition) is 2. The summed E-state index contributed by atoms with van der Waals surface area (Å²) in [5.41, 5.74) is 7.62. The van der Waals surface area contributed by atoms with Crippen LogP contribution >= 0.6 is 15.9 Å². The molecule has 0 radical (unpaired) electrons. The van der Waals surface area contributed by atoms with Crippen molar-refractivity contribution in [3.8, 4) is 0 Å². The molecule has 1 aromatic carbocycles. The van der Waals surface area contributed by atoms with Gasteiger partial charge in [0, 0.05) is 11.9 Å². The molecular weight excluding hydrogens is 228 g/mol. The van der Waals surface area contributed by atoms with Crippen LogP contribution in [0.4, 0.5) is 11.4 Å². The standard InChI is InChI=1S/C10H15BrN2/c11-7-3-4-8-13-10-6-2-1-5-9(10)12/h1-2,5-6,13H,3-4,7-8,12H2. The Balaban J connectivity index is 2.32. The monoisotopic (exact) mass is 242 g/mol. The average Bonchev–Trinajstić information content (AvgIpc) is 2.15. The van der Waals surface area contributed by atoms with Crippen LogP contribution in [-0.2, 0) is 0 Å². The maximum atomic E-state index is 5.76. The molecule has 3 N–H and O–H groups in total. The SMILES string of the molecule is Nc1ccccc1NCCCCBr. The van der Waals surface area contributed by atoms with Gasteiger partial charge in [-0.05, 0) is 25.0 Å². The van der Waals surface area contributed by atoms with Crippen LogP contribution in [0.1, 0.15) is 12.8 Å². The van der Waals surface area contributed by atoms with E-state index in [0.29, 0.717) is 0 Å². The highest BCUT2D eigenvalue weighted by Crippen LogP contribution is 2.16. The fourth-order valence-corrected chi connectivity index (χ4v) is 1.50. The summed E-state index contributed by atoms with van der Waals surface area (Å²) in [6.45, 7) is 0.986. The molecule has 0 aliphatic rings. The zero-order valence-corrected chi connectivity index (χ0v) is 9.18. The molecule has 0 saturated carbocycles. The van der Waals surface area contributed by atoms with Gasteiger partial charge in [0.1, 0.15) is 0 Å². The Hall–Kier alpha value is -0.700. The second-order valence-electron chi connectivity index (χ2n) is 2.91. The van der Waals surface area contributed by atoms with Crippen molar-refractivity contribution < 1.29 is 0 Å². The van der Waals surface area contributed by atoms with Gasteiger partial charge in [0.15, 0.2) is 0 Å². The van der Waals surface area contributed by atoms with Gasteiger partial charge in [0.2, 0.25) is 0 Å². The van der Waals surface area contributed by atoms with Gasteiger partial charge < -0.3 is 11.1 Å². The van der Waals surface area contributed by atoms with Crippen molar-refractivity contribution in [1.29, 1.82) is 0 Å². The van der Waals surface area contributed by atoms with E-state index in [2.05, 4.69) is 21.2 Å². The molecule has 1 aromatic rings. The highest BCUT2D eigenvalue weighted by molar-refractivity contribution is 9.09. The number of alkyl halides is 1. The van der Waals surface area contributed by atoms with Gasteiger partial charge in [-0.15, -0.1) is 0 Å². The van der Waals surface area contributed by atoms with Crippen molar-refractivity contribution in [2.24, 2.45) is 0 Å². The highest BCUT2D eigenvalue weighted by atomic mass is 79.9. The van der Waals surface area contributed by atoms with E-state index < -0.39 is 0 Å². The second kappa shape index (κ2) is 5.86. The average molecular weight is 243 g/mol. The van der Waals surface area contributed by atoms with Gasteiger partial charge in [-0.2, -0.15) is 0 Å². The fourth-order valence-electron chi connectivity index (χ4n) is 1.10. The lowest BCUT2D eigenvalue weighted by Gasteiger charge is -2.07. The summed E-state index contributed by atoms with van der Waals surface area (Å²) in [6, 6.07) is 7.85. The third-order valence-corrected chi connectivity index (χ3v) is 2.40. The Labute approximate surface area is 87.6 Å². The van der Waals surface area contributed by atoms with Crippen LogP contribution in [-0.4, -0.2) is 11.9 Å². The van der Waals surface area contributed by atoms with Crippen molar-refractivity contribution in [2.45, 2.75) is 12.8 Å². The molecule has 0 bridgehead atoms. The highest BCUT2D eigenvalue weighted by Gasteiger charge is 1.94. The van der Waals surface area contributed by atoms with Crippen LogP contribution in [0.3, 0.4) is 0 Å². The molecule has 0 spiro atoms. The lowest BCUT2D eigenvalue weighted by atomic mass is 10.2. The van der Waals surface area contributed by atoms with E-state index in [1.807, 2.05) is 24.3 Å². The molecule has 3 heteroatoms. The minimum absolute atomic E-state index is 0.821. The largest absolute Gasteiger partial charge is 0.397 e. The summed E-state index contributed by atoms with van der Waals surface area (Å²) in [5, 5.41) is 4.37. The first-order valence-corrected chi connectivity index (χ1v) is 5.61. The Morgan fingerprint density at radius 2 is 2.00 bits per heavy atom. The van der Waals surface area contributed by atoms with E-state index in [1.54, 1.807) is 0 Å². The number of nitrogens with one attached hydrogen (secondary N) is 1. The van der Waals surface area contributed by atoms with Gasteiger partial charge in [-0.1, -0.05) is 28.1 Å². The molecule has 2 nitrogen and oxygen atoms in total. The number of nitrogen functional groups attached to an aromatic ring is 1. The van der Waals surface area contributed by atoms with Crippen molar-refractivity contribution in [3.63, 3.8) is 0 Å². The first-order chi connectivity index (χ1) is 6.34. The Morgan fingerprint density at radius 1 is 1.23 bits per heavy atom. The third-order valence-electron chi connectivity index (χ3n) is 1.84. The van der Waals surface area contributed by atoms with E-state index in [4.69, 9.17) is 5.73 Å². The molecule has 0 unspecified atom stereocenters.